The van der Waals surface area contributed by atoms with Gasteiger partial charge in [0.25, 0.3) is 0 Å². The fourth-order valence-electron chi connectivity index (χ4n) is 2.69. The predicted octanol–water partition coefficient (Wildman–Crippen LogP) is 1.35. The monoisotopic (exact) mass is 272 g/mol. The van der Waals surface area contributed by atoms with Crippen molar-refractivity contribution in [3.05, 3.63) is 47.5 Å². The molecule has 0 amide bonds. The van der Waals surface area contributed by atoms with Crippen LogP contribution in [0, 0.1) is 0 Å². The van der Waals surface area contributed by atoms with Crippen LogP contribution in [0.25, 0.3) is 0 Å². The lowest BCUT2D eigenvalue weighted by Crippen LogP contribution is -2.26. The Morgan fingerprint density at radius 2 is 2.30 bits per heavy atom. The minimum atomic E-state index is 0.575. The van der Waals surface area contributed by atoms with E-state index in [0.29, 0.717) is 12.5 Å². The van der Waals surface area contributed by atoms with Gasteiger partial charge in [-0.25, -0.2) is 9.67 Å². The summed E-state index contributed by atoms with van der Waals surface area (Å²) >= 11 is 0. The standard InChI is InChI=1S/C15H20N4O/c1-20-7-6-16-9-15-17-11-18-19(15)10-13-8-12-4-2-3-5-14(12)13/h2-5,11,13,16H,6-10H2,1H3. The molecular weight excluding hydrogens is 252 g/mol. The Morgan fingerprint density at radius 3 is 3.15 bits per heavy atom. The number of aromatic nitrogens is 3. The van der Waals surface area contributed by atoms with Crippen molar-refractivity contribution in [1.29, 1.82) is 0 Å². The summed E-state index contributed by atoms with van der Waals surface area (Å²) in [6, 6.07) is 8.65. The van der Waals surface area contributed by atoms with Crippen molar-refractivity contribution in [2.24, 2.45) is 0 Å². The van der Waals surface area contributed by atoms with Gasteiger partial charge in [-0.3, -0.25) is 0 Å². The second-order valence-electron chi connectivity index (χ2n) is 5.13. The third-order valence-corrected chi connectivity index (χ3v) is 3.82. The highest BCUT2D eigenvalue weighted by atomic mass is 16.5. The van der Waals surface area contributed by atoms with Crippen molar-refractivity contribution in [3.63, 3.8) is 0 Å². The van der Waals surface area contributed by atoms with Crippen LogP contribution in [0.1, 0.15) is 22.9 Å². The molecule has 0 spiro atoms. The van der Waals surface area contributed by atoms with Gasteiger partial charge in [0.15, 0.2) is 0 Å². The number of nitrogens with one attached hydrogen (secondary N) is 1. The normalized spacial score (nSPS) is 16.8. The Hall–Kier alpha value is -1.72. The average Bonchev–Trinajstić information content (AvgIpc) is 2.88. The summed E-state index contributed by atoms with van der Waals surface area (Å²) in [5.41, 5.74) is 2.93. The molecule has 1 atom stereocenters. The van der Waals surface area contributed by atoms with Crippen LogP contribution in [0.15, 0.2) is 30.6 Å². The number of fused-ring (bicyclic) bond motifs is 1. The van der Waals surface area contributed by atoms with Crippen molar-refractivity contribution in [1.82, 2.24) is 20.1 Å². The minimum Gasteiger partial charge on any atom is -0.383 e. The van der Waals surface area contributed by atoms with E-state index in [1.54, 1.807) is 13.4 Å². The summed E-state index contributed by atoms with van der Waals surface area (Å²) in [4.78, 5) is 4.33. The second kappa shape index (κ2) is 6.15. The lowest BCUT2D eigenvalue weighted by Gasteiger charge is -2.30. The topological polar surface area (TPSA) is 52.0 Å². The van der Waals surface area contributed by atoms with E-state index in [2.05, 4.69) is 39.7 Å². The largest absolute Gasteiger partial charge is 0.383 e. The predicted molar refractivity (Wildman–Crippen MR) is 76.5 cm³/mol. The molecule has 1 aliphatic rings. The molecule has 106 valence electrons. The van der Waals surface area contributed by atoms with Crippen molar-refractivity contribution >= 4 is 0 Å². The third-order valence-electron chi connectivity index (χ3n) is 3.82. The van der Waals surface area contributed by atoms with Gasteiger partial charge in [-0.1, -0.05) is 24.3 Å². The summed E-state index contributed by atoms with van der Waals surface area (Å²) in [7, 11) is 1.71. The lowest BCUT2D eigenvalue weighted by molar-refractivity contribution is 0.198. The van der Waals surface area contributed by atoms with Crippen LogP contribution in [0.2, 0.25) is 0 Å². The summed E-state index contributed by atoms with van der Waals surface area (Å²) < 4.78 is 7.03. The van der Waals surface area contributed by atoms with Crippen molar-refractivity contribution in [3.8, 4) is 0 Å². The quantitative estimate of drug-likeness (QED) is 0.773. The average molecular weight is 272 g/mol. The molecule has 1 heterocycles. The first kappa shape index (κ1) is 13.3. The fourth-order valence-corrected chi connectivity index (χ4v) is 2.69. The molecule has 0 saturated heterocycles. The highest BCUT2D eigenvalue weighted by Crippen LogP contribution is 2.35. The van der Waals surface area contributed by atoms with E-state index in [-0.39, 0.29) is 0 Å². The zero-order chi connectivity index (χ0) is 13.8. The molecule has 0 bridgehead atoms. The highest BCUT2D eigenvalue weighted by Gasteiger charge is 2.26. The first-order valence-electron chi connectivity index (χ1n) is 7.02. The Balaban J connectivity index is 1.58. The number of rotatable bonds is 7. The molecule has 5 nitrogen and oxygen atoms in total. The van der Waals surface area contributed by atoms with Crippen LogP contribution >= 0.6 is 0 Å². The number of hydrogen-bond acceptors (Lipinski definition) is 4. The maximum atomic E-state index is 5.02. The second-order valence-corrected chi connectivity index (χ2v) is 5.13. The molecule has 0 aliphatic heterocycles. The van der Waals surface area contributed by atoms with E-state index in [0.717, 1.165) is 31.9 Å². The molecule has 5 heteroatoms. The summed E-state index contributed by atoms with van der Waals surface area (Å²) in [5.74, 6) is 1.57. The van der Waals surface area contributed by atoms with E-state index in [4.69, 9.17) is 4.74 Å². The van der Waals surface area contributed by atoms with Crippen LogP contribution in [0.3, 0.4) is 0 Å². The molecule has 2 aromatic rings. The van der Waals surface area contributed by atoms with Gasteiger partial charge < -0.3 is 10.1 Å². The number of nitrogens with zero attached hydrogens (tertiary/aromatic N) is 3. The van der Waals surface area contributed by atoms with Crippen LogP contribution in [0.5, 0.6) is 0 Å². The number of hydrogen-bond donors (Lipinski definition) is 1. The fraction of sp³-hybridized carbons (Fsp3) is 0.467. The first-order chi connectivity index (χ1) is 9.88. The summed E-state index contributed by atoms with van der Waals surface area (Å²) in [6.45, 7) is 3.19. The first-order valence-corrected chi connectivity index (χ1v) is 7.02. The summed E-state index contributed by atoms with van der Waals surface area (Å²) in [6.07, 6.45) is 2.78. The van der Waals surface area contributed by atoms with E-state index >= 15 is 0 Å². The molecule has 0 saturated carbocycles. The molecule has 1 N–H and O–H groups in total. The molecule has 1 aromatic heterocycles. The van der Waals surface area contributed by atoms with Gasteiger partial charge in [0.05, 0.1) is 19.7 Å². The van der Waals surface area contributed by atoms with Crippen LogP contribution < -0.4 is 5.32 Å². The minimum absolute atomic E-state index is 0.575. The third kappa shape index (κ3) is 2.73. The van der Waals surface area contributed by atoms with Crippen LogP contribution in [-0.4, -0.2) is 35.0 Å². The number of ether oxygens (including phenoxy) is 1. The molecule has 3 rings (SSSR count). The van der Waals surface area contributed by atoms with Crippen LogP contribution in [0.4, 0.5) is 0 Å². The van der Waals surface area contributed by atoms with Gasteiger partial charge in [-0.05, 0) is 17.5 Å². The zero-order valence-corrected chi connectivity index (χ0v) is 11.7. The molecule has 1 unspecified atom stereocenters. The van der Waals surface area contributed by atoms with E-state index in [1.165, 1.54) is 11.1 Å². The molecular formula is C15H20N4O. The molecule has 1 aliphatic carbocycles. The molecule has 0 fully saturated rings. The van der Waals surface area contributed by atoms with Crippen molar-refractivity contribution in [2.45, 2.75) is 25.4 Å². The Morgan fingerprint density at radius 1 is 1.40 bits per heavy atom. The van der Waals surface area contributed by atoms with E-state index in [9.17, 15) is 0 Å². The van der Waals surface area contributed by atoms with E-state index in [1.807, 2.05) is 4.68 Å². The van der Waals surface area contributed by atoms with Gasteiger partial charge in [0.2, 0.25) is 0 Å². The molecule has 0 radical (unpaired) electrons. The maximum Gasteiger partial charge on any atom is 0.140 e. The van der Waals surface area contributed by atoms with E-state index < -0.39 is 0 Å². The maximum absolute atomic E-state index is 5.02. The number of benzene rings is 1. The van der Waals surface area contributed by atoms with Gasteiger partial charge >= 0.3 is 0 Å². The van der Waals surface area contributed by atoms with Crippen molar-refractivity contribution < 1.29 is 4.74 Å². The molecule has 1 aromatic carbocycles. The van der Waals surface area contributed by atoms with Gasteiger partial charge in [0, 0.05) is 19.6 Å². The summed E-state index contributed by atoms with van der Waals surface area (Å²) in [5, 5.41) is 7.65. The Kier molecular flexibility index (Phi) is 4.08. The Labute approximate surface area is 119 Å². The Bertz CT molecular complexity index is 567. The number of methoxy groups -OCH3 is 1. The van der Waals surface area contributed by atoms with Gasteiger partial charge in [0.1, 0.15) is 12.2 Å². The van der Waals surface area contributed by atoms with Crippen molar-refractivity contribution in [2.75, 3.05) is 20.3 Å². The van der Waals surface area contributed by atoms with Crippen LogP contribution in [-0.2, 0) is 24.2 Å². The smallest absolute Gasteiger partial charge is 0.140 e. The molecule has 20 heavy (non-hydrogen) atoms. The van der Waals surface area contributed by atoms with Gasteiger partial charge in [-0.15, -0.1) is 0 Å². The highest BCUT2D eigenvalue weighted by molar-refractivity contribution is 5.39. The lowest BCUT2D eigenvalue weighted by atomic mass is 9.78. The SMILES string of the molecule is COCCNCc1ncnn1CC1Cc2ccccc21. The van der Waals surface area contributed by atoms with Gasteiger partial charge in [-0.2, -0.15) is 5.10 Å². The zero-order valence-electron chi connectivity index (χ0n) is 11.7.